The molecule has 0 amide bonds. The summed E-state index contributed by atoms with van der Waals surface area (Å²) in [7, 11) is 0. The van der Waals surface area contributed by atoms with Crippen molar-refractivity contribution >= 4 is 22.7 Å². The molecule has 82 valence electrons. The van der Waals surface area contributed by atoms with E-state index in [9.17, 15) is 0 Å². The second-order valence-corrected chi connectivity index (χ2v) is 3.62. The van der Waals surface area contributed by atoms with Gasteiger partial charge >= 0.3 is 0 Å². The van der Waals surface area contributed by atoms with Crippen molar-refractivity contribution in [2.45, 2.75) is 0 Å². The van der Waals surface area contributed by atoms with Gasteiger partial charge in [0.2, 0.25) is 0 Å². The Morgan fingerprint density at radius 2 is 1.19 bits per heavy atom. The standard InChI is InChI=1S/C12H14N4/c13-8-6-9(14)12(16)10(11(8)15)7-4-2-1-3-5-7/h1-6H,13-16H2. The number of rotatable bonds is 1. The minimum absolute atomic E-state index is 0.450. The molecule has 2 aromatic carbocycles. The summed E-state index contributed by atoms with van der Waals surface area (Å²) in [5, 5.41) is 0. The van der Waals surface area contributed by atoms with E-state index >= 15 is 0 Å². The molecule has 0 radical (unpaired) electrons. The van der Waals surface area contributed by atoms with E-state index in [2.05, 4.69) is 0 Å². The van der Waals surface area contributed by atoms with Crippen molar-refractivity contribution in [3.63, 3.8) is 0 Å². The van der Waals surface area contributed by atoms with Crippen molar-refractivity contribution in [2.75, 3.05) is 22.9 Å². The van der Waals surface area contributed by atoms with Crippen molar-refractivity contribution in [1.29, 1.82) is 0 Å². The Morgan fingerprint density at radius 1 is 0.688 bits per heavy atom. The molecule has 4 nitrogen and oxygen atoms in total. The minimum atomic E-state index is 0.450. The largest absolute Gasteiger partial charge is 0.397 e. The number of nitrogens with two attached hydrogens (primary N) is 4. The second-order valence-electron chi connectivity index (χ2n) is 3.62. The van der Waals surface area contributed by atoms with Gasteiger partial charge in [0.15, 0.2) is 0 Å². The molecule has 4 heteroatoms. The van der Waals surface area contributed by atoms with Crippen molar-refractivity contribution in [3.05, 3.63) is 36.4 Å². The molecule has 8 N–H and O–H groups in total. The van der Waals surface area contributed by atoms with Crippen LogP contribution in [-0.2, 0) is 0 Å². The van der Waals surface area contributed by atoms with Crippen molar-refractivity contribution in [2.24, 2.45) is 0 Å². The van der Waals surface area contributed by atoms with Crippen LogP contribution in [0.3, 0.4) is 0 Å². The van der Waals surface area contributed by atoms with Crippen molar-refractivity contribution in [1.82, 2.24) is 0 Å². The molecule has 0 bridgehead atoms. The Labute approximate surface area is 93.8 Å². The summed E-state index contributed by atoms with van der Waals surface area (Å²) >= 11 is 0. The third-order valence-corrected chi connectivity index (χ3v) is 2.53. The van der Waals surface area contributed by atoms with Crippen LogP contribution in [0.15, 0.2) is 36.4 Å². The van der Waals surface area contributed by atoms with Gasteiger partial charge in [0.05, 0.1) is 22.7 Å². The Kier molecular flexibility index (Phi) is 2.32. The van der Waals surface area contributed by atoms with Gasteiger partial charge in [-0.05, 0) is 11.6 Å². The fourth-order valence-corrected chi connectivity index (χ4v) is 1.67. The van der Waals surface area contributed by atoms with E-state index in [1.807, 2.05) is 30.3 Å². The van der Waals surface area contributed by atoms with Crippen LogP contribution in [0.4, 0.5) is 22.7 Å². The van der Waals surface area contributed by atoms with Crippen LogP contribution in [-0.4, -0.2) is 0 Å². The first-order valence-electron chi connectivity index (χ1n) is 4.89. The Balaban J connectivity index is 2.74. The minimum Gasteiger partial charge on any atom is -0.397 e. The number of anilines is 4. The molecule has 0 spiro atoms. The maximum Gasteiger partial charge on any atom is 0.0649 e. The summed E-state index contributed by atoms with van der Waals surface area (Å²) in [6, 6.07) is 11.2. The molecule has 0 atom stereocenters. The quantitative estimate of drug-likeness (QED) is 0.542. The number of nitrogen functional groups attached to an aromatic ring is 4. The van der Waals surface area contributed by atoms with Crippen molar-refractivity contribution < 1.29 is 0 Å². The smallest absolute Gasteiger partial charge is 0.0649 e. The summed E-state index contributed by atoms with van der Waals surface area (Å²) in [5.41, 5.74) is 26.8. The molecule has 0 saturated heterocycles. The fourth-order valence-electron chi connectivity index (χ4n) is 1.67. The van der Waals surface area contributed by atoms with Gasteiger partial charge in [0, 0.05) is 5.56 Å². The average molecular weight is 214 g/mol. The highest BCUT2D eigenvalue weighted by Crippen LogP contribution is 2.39. The normalized spacial score (nSPS) is 10.2. The predicted molar refractivity (Wildman–Crippen MR) is 69.5 cm³/mol. The molecule has 0 saturated carbocycles. The molecule has 0 unspecified atom stereocenters. The van der Waals surface area contributed by atoms with E-state index in [1.54, 1.807) is 6.07 Å². The van der Waals surface area contributed by atoms with Crippen LogP contribution in [0.5, 0.6) is 0 Å². The van der Waals surface area contributed by atoms with E-state index in [4.69, 9.17) is 22.9 Å². The summed E-state index contributed by atoms with van der Waals surface area (Å²) < 4.78 is 0. The zero-order chi connectivity index (χ0) is 11.7. The van der Waals surface area contributed by atoms with Crippen LogP contribution < -0.4 is 22.9 Å². The molecule has 0 aliphatic carbocycles. The third kappa shape index (κ3) is 1.50. The highest BCUT2D eigenvalue weighted by Gasteiger charge is 2.12. The van der Waals surface area contributed by atoms with Gasteiger partial charge in [-0.1, -0.05) is 30.3 Å². The molecule has 0 heterocycles. The van der Waals surface area contributed by atoms with E-state index in [0.717, 1.165) is 5.56 Å². The Morgan fingerprint density at radius 3 is 1.69 bits per heavy atom. The fraction of sp³-hybridized carbons (Fsp3) is 0. The lowest BCUT2D eigenvalue weighted by molar-refractivity contribution is 1.59. The van der Waals surface area contributed by atoms with Gasteiger partial charge in [-0.25, -0.2) is 0 Å². The first-order valence-corrected chi connectivity index (χ1v) is 4.89. The molecular formula is C12H14N4. The molecule has 2 rings (SSSR count). The third-order valence-electron chi connectivity index (χ3n) is 2.53. The Bertz CT molecular complexity index is 494. The van der Waals surface area contributed by atoms with Crippen LogP contribution in [0.2, 0.25) is 0 Å². The summed E-state index contributed by atoms with van der Waals surface area (Å²) in [5.74, 6) is 0. The number of benzene rings is 2. The van der Waals surface area contributed by atoms with Gasteiger partial charge in [-0.3, -0.25) is 0 Å². The molecule has 16 heavy (non-hydrogen) atoms. The highest BCUT2D eigenvalue weighted by atomic mass is 14.7. The number of hydrogen-bond donors (Lipinski definition) is 4. The lowest BCUT2D eigenvalue weighted by Crippen LogP contribution is -2.04. The van der Waals surface area contributed by atoms with Gasteiger partial charge in [-0.2, -0.15) is 0 Å². The SMILES string of the molecule is Nc1cc(N)c(N)c(-c2ccccc2)c1N. The zero-order valence-corrected chi connectivity index (χ0v) is 8.77. The van der Waals surface area contributed by atoms with Gasteiger partial charge in [0.1, 0.15) is 0 Å². The zero-order valence-electron chi connectivity index (χ0n) is 8.77. The van der Waals surface area contributed by atoms with Crippen LogP contribution >= 0.6 is 0 Å². The van der Waals surface area contributed by atoms with Crippen LogP contribution in [0.1, 0.15) is 0 Å². The first-order chi connectivity index (χ1) is 7.61. The van der Waals surface area contributed by atoms with Crippen LogP contribution in [0.25, 0.3) is 11.1 Å². The number of hydrogen-bond acceptors (Lipinski definition) is 4. The van der Waals surface area contributed by atoms with Crippen LogP contribution in [0, 0.1) is 0 Å². The molecule has 0 aromatic heterocycles. The summed E-state index contributed by atoms with van der Waals surface area (Å²) in [6.45, 7) is 0. The average Bonchev–Trinajstić information content (AvgIpc) is 2.28. The van der Waals surface area contributed by atoms with Gasteiger partial charge in [-0.15, -0.1) is 0 Å². The van der Waals surface area contributed by atoms with E-state index in [1.165, 1.54) is 0 Å². The highest BCUT2D eigenvalue weighted by molar-refractivity contribution is 5.97. The maximum absolute atomic E-state index is 5.92. The molecule has 0 fully saturated rings. The Hall–Kier alpha value is -2.36. The first kappa shape index (κ1) is 10.2. The lowest BCUT2D eigenvalue weighted by atomic mass is 9.99. The molecule has 2 aromatic rings. The molecule has 0 aliphatic rings. The topological polar surface area (TPSA) is 104 Å². The molecular weight excluding hydrogens is 200 g/mol. The van der Waals surface area contributed by atoms with Gasteiger partial charge in [0.25, 0.3) is 0 Å². The van der Waals surface area contributed by atoms with Gasteiger partial charge < -0.3 is 22.9 Å². The predicted octanol–water partition coefficient (Wildman–Crippen LogP) is 1.68. The summed E-state index contributed by atoms with van der Waals surface area (Å²) in [4.78, 5) is 0. The van der Waals surface area contributed by atoms with E-state index < -0.39 is 0 Å². The lowest BCUT2D eigenvalue weighted by Gasteiger charge is -2.13. The summed E-state index contributed by atoms with van der Waals surface area (Å²) in [6.07, 6.45) is 0. The van der Waals surface area contributed by atoms with E-state index in [0.29, 0.717) is 28.3 Å². The maximum atomic E-state index is 5.92. The monoisotopic (exact) mass is 214 g/mol. The molecule has 0 aliphatic heterocycles. The van der Waals surface area contributed by atoms with E-state index in [-0.39, 0.29) is 0 Å². The second kappa shape index (κ2) is 3.66. The van der Waals surface area contributed by atoms with Crippen molar-refractivity contribution in [3.8, 4) is 11.1 Å².